The topological polar surface area (TPSA) is 235 Å². The quantitative estimate of drug-likeness (QED) is 0.0495. The normalized spacial score (nSPS) is 14.0. The molecule has 4 unspecified atom stereocenters. The van der Waals surface area contributed by atoms with Crippen molar-refractivity contribution in [3.05, 3.63) is 29.8 Å². The van der Waals surface area contributed by atoms with E-state index in [0.717, 1.165) is 0 Å². The molecule has 0 spiro atoms. The fourth-order valence-electron chi connectivity index (χ4n) is 2.94. The average molecular weight is 544 g/mol. The molecule has 1 rings (SSSR count). The standard InChI is InChI=1S/C21H33N7O6S2/c22-13(9-35)17(30)27-15(8-11-3-5-12(29)6-4-11)18(31)28-16(10-36)19(32)26-14(20(33)34)2-1-7-25-21(23)24/h3-6,13-16,29,35-36H,1-2,7-10,22H2,(H,26,32)(H,27,30)(H,28,31)(H,33,34)(H4,23,24,25). The molecule has 0 heterocycles. The summed E-state index contributed by atoms with van der Waals surface area (Å²) in [5.41, 5.74) is 16.8. The van der Waals surface area contributed by atoms with Crippen molar-refractivity contribution in [3.63, 3.8) is 0 Å². The molecule has 0 aliphatic heterocycles. The molecule has 0 bridgehead atoms. The van der Waals surface area contributed by atoms with Crippen LogP contribution in [-0.4, -0.2) is 82.1 Å². The van der Waals surface area contributed by atoms with Gasteiger partial charge in [0.05, 0.1) is 6.04 Å². The van der Waals surface area contributed by atoms with Crippen molar-refractivity contribution < 1.29 is 29.4 Å². The smallest absolute Gasteiger partial charge is 0.326 e. The lowest BCUT2D eigenvalue weighted by molar-refractivity contribution is -0.142. The minimum absolute atomic E-state index is 0.0268. The molecule has 4 atom stereocenters. The van der Waals surface area contributed by atoms with Gasteiger partial charge in [0.1, 0.15) is 23.9 Å². The number of guanidine groups is 1. The summed E-state index contributed by atoms with van der Waals surface area (Å²) in [7, 11) is 0. The number of phenolic OH excluding ortho intramolecular Hbond substituents is 1. The Bertz CT molecular complexity index is 928. The zero-order valence-corrected chi connectivity index (χ0v) is 21.3. The Kier molecular flexibility index (Phi) is 13.5. The van der Waals surface area contributed by atoms with Crippen LogP contribution in [0.3, 0.4) is 0 Å². The summed E-state index contributed by atoms with van der Waals surface area (Å²) in [5.74, 6) is -3.58. The van der Waals surface area contributed by atoms with Crippen molar-refractivity contribution in [1.29, 1.82) is 0 Å². The molecule has 36 heavy (non-hydrogen) atoms. The van der Waals surface area contributed by atoms with Gasteiger partial charge in [0.2, 0.25) is 17.7 Å². The molecule has 0 saturated carbocycles. The number of aliphatic carboxylic acids is 1. The maximum Gasteiger partial charge on any atom is 0.326 e. The molecule has 0 aromatic heterocycles. The molecule has 0 aliphatic rings. The number of nitrogens with two attached hydrogens (primary N) is 3. The van der Waals surface area contributed by atoms with E-state index in [1.165, 1.54) is 12.1 Å². The molecule has 1 aromatic carbocycles. The largest absolute Gasteiger partial charge is 0.508 e. The second-order valence-corrected chi connectivity index (χ2v) is 8.54. The van der Waals surface area contributed by atoms with Crippen LogP contribution in [-0.2, 0) is 25.6 Å². The predicted octanol–water partition coefficient (Wildman–Crippen LogP) is -2.29. The van der Waals surface area contributed by atoms with E-state index >= 15 is 0 Å². The highest BCUT2D eigenvalue weighted by molar-refractivity contribution is 7.80. The molecule has 15 heteroatoms. The predicted molar refractivity (Wildman–Crippen MR) is 141 cm³/mol. The Morgan fingerprint density at radius 1 is 0.889 bits per heavy atom. The Balaban J connectivity index is 2.92. The zero-order chi connectivity index (χ0) is 27.3. The van der Waals surface area contributed by atoms with Crippen LogP contribution in [0.4, 0.5) is 0 Å². The van der Waals surface area contributed by atoms with Gasteiger partial charge in [0, 0.05) is 24.5 Å². The molecule has 0 saturated heterocycles. The van der Waals surface area contributed by atoms with Gasteiger partial charge in [-0.3, -0.25) is 19.4 Å². The molecular formula is C21H33N7O6S2. The first kappa shape index (κ1) is 30.9. The number of rotatable bonds is 15. The highest BCUT2D eigenvalue weighted by atomic mass is 32.1. The van der Waals surface area contributed by atoms with Gasteiger partial charge in [-0.1, -0.05) is 12.1 Å². The molecule has 200 valence electrons. The SMILES string of the molecule is NC(N)=NCCCC(NC(=O)C(CS)NC(=O)C(Cc1ccc(O)cc1)NC(=O)C(N)CS)C(=O)O. The van der Waals surface area contributed by atoms with Crippen LogP contribution in [0.25, 0.3) is 0 Å². The third-order valence-corrected chi connectivity index (χ3v) is 5.68. The van der Waals surface area contributed by atoms with Gasteiger partial charge < -0.3 is 43.4 Å². The number of nitrogens with zero attached hydrogens (tertiary/aromatic N) is 1. The van der Waals surface area contributed by atoms with Gasteiger partial charge in [0.25, 0.3) is 0 Å². The molecule has 0 fully saturated rings. The first-order valence-corrected chi connectivity index (χ1v) is 12.2. The number of nitrogens with one attached hydrogen (secondary N) is 3. The summed E-state index contributed by atoms with van der Waals surface area (Å²) in [5, 5.41) is 26.3. The third-order valence-electron chi connectivity index (χ3n) is 4.92. The Morgan fingerprint density at radius 3 is 1.97 bits per heavy atom. The Labute approximate surface area is 219 Å². The van der Waals surface area contributed by atoms with Crippen LogP contribution in [0.2, 0.25) is 0 Å². The van der Waals surface area contributed by atoms with Crippen molar-refractivity contribution in [3.8, 4) is 5.75 Å². The number of hydrogen-bond donors (Lipinski definition) is 10. The number of amides is 3. The number of phenols is 1. The highest BCUT2D eigenvalue weighted by Crippen LogP contribution is 2.12. The first-order chi connectivity index (χ1) is 17.0. The van der Waals surface area contributed by atoms with E-state index in [1.807, 2.05) is 0 Å². The van der Waals surface area contributed by atoms with Crippen LogP contribution in [0, 0.1) is 0 Å². The second kappa shape index (κ2) is 15.7. The number of hydrogen-bond acceptors (Lipinski definition) is 9. The van der Waals surface area contributed by atoms with Crippen molar-refractivity contribution in [2.24, 2.45) is 22.2 Å². The van der Waals surface area contributed by atoms with Gasteiger partial charge in [-0.15, -0.1) is 0 Å². The van der Waals surface area contributed by atoms with Crippen molar-refractivity contribution in [2.75, 3.05) is 18.1 Å². The number of carboxylic acids is 1. The number of aliphatic imine (C=N–C) groups is 1. The Morgan fingerprint density at radius 2 is 1.44 bits per heavy atom. The number of benzene rings is 1. The van der Waals surface area contributed by atoms with Gasteiger partial charge in [-0.05, 0) is 30.5 Å². The number of thiol groups is 2. The summed E-state index contributed by atoms with van der Waals surface area (Å²) < 4.78 is 0. The van der Waals surface area contributed by atoms with Crippen LogP contribution in [0.5, 0.6) is 5.75 Å². The fraction of sp³-hybridized carbons (Fsp3) is 0.476. The summed E-state index contributed by atoms with van der Waals surface area (Å²) in [6.45, 7) is 0.182. The van der Waals surface area contributed by atoms with Gasteiger partial charge >= 0.3 is 5.97 Å². The van der Waals surface area contributed by atoms with Crippen molar-refractivity contribution in [1.82, 2.24) is 16.0 Å². The van der Waals surface area contributed by atoms with Gasteiger partial charge in [-0.25, -0.2) is 4.79 Å². The number of carboxylic acid groups (broad SMARTS) is 1. The van der Waals surface area contributed by atoms with E-state index in [0.29, 0.717) is 12.0 Å². The molecule has 13 nitrogen and oxygen atoms in total. The lowest BCUT2D eigenvalue weighted by atomic mass is 10.0. The maximum absolute atomic E-state index is 13.0. The fourth-order valence-corrected chi connectivity index (χ4v) is 3.36. The van der Waals surface area contributed by atoms with Crippen molar-refractivity contribution in [2.45, 2.75) is 43.4 Å². The lowest BCUT2D eigenvalue weighted by Crippen LogP contribution is -2.58. The van der Waals surface area contributed by atoms with Crippen LogP contribution >= 0.6 is 25.3 Å². The lowest BCUT2D eigenvalue weighted by Gasteiger charge is -2.24. The second-order valence-electron chi connectivity index (χ2n) is 7.81. The number of aromatic hydroxyl groups is 1. The Hall–Kier alpha value is -3.17. The molecule has 3 amide bonds. The minimum Gasteiger partial charge on any atom is -0.508 e. The average Bonchev–Trinajstić information content (AvgIpc) is 2.83. The van der Waals surface area contributed by atoms with E-state index < -0.39 is 47.9 Å². The molecule has 1 aromatic rings. The number of carbonyl (C=O) groups is 4. The monoisotopic (exact) mass is 543 g/mol. The highest BCUT2D eigenvalue weighted by Gasteiger charge is 2.29. The summed E-state index contributed by atoms with van der Waals surface area (Å²) in [6.07, 6.45) is 0.367. The first-order valence-electron chi connectivity index (χ1n) is 10.9. The summed E-state index contributed by atoms with van der Waals surface area (Å²) in [4.78, 5) is 53.4. The van der Waals surface area contributed by atoms with Gasteiger partial charge in [-0.2, -0.15) is 25.3 Å². The molecule has 0 radical (unpaired) electrons. The molecular weight excluding hydrogens is 510 g/mol. The van der Waals surface area contributed by atoms with Crippen LogP contribution < -0.4 is 33.2 Å². The van der Waals surface area contributed by atoms with E-state index in [9.17, 15) is 29.4 Å². The van der Waals surface area contributed by atoms with Gasteiger partial charge in [0.15, 0.2) is 5.96 Å². The maximum atomic E-state index is 13.0. The van der Waals surface area contributed by atoms with E-state index in [4.69, 9.17) is 17.2 Å². The minimum atomic E-state index is -1.27. The van der Waals surface area contributed by atoms with E-state index in [2.05, 4.69) is 46.2 Å². The summed E-state index contributed by atoms with van der Waals surface area (Å²) >= 11 is 8.08. The van der Waals surface area contributed by atoms with Crippen LogP contribution in [0.15, 0.2) is 29.3 Å². The number of carbonyl (C=O) groups excluding carboxylic acids is 3. The molecule has 11 N–H and O–H groups in total. The van der Waals surface area contributed by atoms with Crippen molar-refractivity contribution >= 4 is 54.9 Å². The summed E-state index contributed by atoms with van der Waals surface area (Å²) in [6, 6.07) is 1.46. The zero-order valence-electron chi connectivity index (χ0n) is 19.5. The van der Waals surface area contributed by atoms with Crippen LogP contribution in [0.1, 0.15) is 18.4 Å². The third kappa shape index (κ3) is 11.0. The van der Waals surface area contributed by atoms with E-state index in [1.54, 1.807) is 12.1 Å². The van der Waals surface area contributed by atoms with E-state index in [-0.39, 0.29) is 42.6 Å². The molecule has 0 aliphatic carbocycles.